The summed E-state index contributed by atoms with van der Waals surface area (Å²) < 4.78 is 0. The average molecular weight is 463 g/mol. The zero-order valence-corrected chi connectivity index (χ0v) is 16.6. The van der Waals surface area contributed by atoms with Crippen molar-refractivity contribution < 1.29 is 9.90 Å². The molecule has 0 amide bonds. The minimum Gasteiger partial charge on any atom is -0.481 e. The van der Waals surface area contributed by atoms with Gasteiger partial charge < -0.3 is 5.11 Å². The van der Waals surface area contributed by atoms with Crippen molar-refractivity contribution in [3.05, 3.63) is 35.7 Å². The molecule has 1 rings (SSSR count). The summed E-state index contributed by atoms with van der Waals surface area (Å²) in [6, 6.07) is 0. The zero-order valence-electron chi connectivity index (χ0n) is 10.5. The number of hydrogen-bond acceptors (Lipinski definition) is 2. The standard InChI is InChI=1S/C12H7Cl7O2S/c13-4(3-22-2-1-5(20)21)7(14)6-8(15)10(17)12(19)11(18)9(6)16/h1-3H2,(H,20,21)/b7-4+. The third kappa shape index (κ3) is 5.15. The van der Waals surface area contributed by atoms with Gasteiger partial charge in [0, 0.05) is 22.1 Å². The molecule has 2 nitrogen and oxygen atoms in total. The lowest BCUT2D eigenvalue weighted by molar-refractivity contribution is -0.136. The second-order valence-electron chi connectivity index (χ2n) is 3.86. The van der Waals surface area contributed by atoms with Gasteiger partial charge in [-0.15, -0.1) is 0 Å². The van der Waals surface area contributed by atoms with Crippen molar-refractivity contribution in [3.63, 3.8) is 0 Å². The minimum atomic E-state index is -0.888. The molecule has 0 aromatic heterocycles. The Morgan fingerprint density at radius 1 is 0.909 bits per heavy atom. The number of carboxylic acids is 1. The number of benzene rings is 1. The van der Waals surface area contributed by atoms with Gasteiger partial charge in [0.2, 0.25) is 0 Å². The van der Waals surface area contributed by atoms with Crippen LogP contribution in [-0.2, 0) is 4.79 Å². The van der Waals surface area contributed by atoms with Crippen LogP contribution in [0.1, 0.15) is 12.0 Å². The van der Waals surface area contributed by atoms with Gasteiger partial charge in [0.25, 0.3) is 0 Å². The van der Waals surface area contributed by atoms with Crippen LogP contribution < -0.4 is 0 Å². The van der Waals surface area contributed by atoms with E-state index in [1.165, 1.54) is 11.8 Å². The number of rotatable bonds is 6. The summed E-state index contributed by atoms with van der Waals surface area (Å²) in [5.41, 5.74) is 0.188. The summed E-state index contributed by atoms with van der Waals surface area (Å²) in [6.45, 7) is 0. The molecule has 10 heteroatoms. The molecule has 0 fully saturated rings. The Morgan fingerprint density at radius 2 is 1.36 bits per heavy atom. The molecule has 0 aliphatic rings. The van der Waals surface area contributed by atoms with Crippen LogP contribution >= 0.6 is 93.0 Å². The number of hydrogen-bond donors (Lipinski definition) is 1. The highest BCUT2D eigenvalue weighted by molar-refractivity contribution is 7.99. The molecule has 0 heterocycles. The van der Waals surface area contributed by atoms with Crippen molar-refractivity contribution in [2.45, 2.75) is 6.42 Å². The van der Waals surface area contributed by atoms with E-state index in [0.29, 0.717) is 5.75 Å². The number of carbonyl (C=O) groups is 1. The lowest BCUT2D eigenvalue weighted by Gasteiger charge is -2.13. The predicted octanol–water partition coefficient (Wildman–Crippen LogP) is 7.31. The van der Waals surface area contributed by atoms with Crippen molar-refractivity contribution in [3.8, 4) is 0 Å². The fourth-order valence-corrected chi connectivity index (χ4v) is 4.19. The molecule has 0 unspecified atom stereocenters. The first kappa shape index (κ1) is 20.9. The Hall–Kier alpha value is 0.810. The van der Waals surface area contributed by atoms with Crippen molar-refractivity contribution in [2.24, 2.45) is 0 Å². The van der Waals surface area contributed by atoms with Crippen molar-refractivity contribution in [1.29, 1.82) is 0 Å². The summed E-state index contributed by atoms with van der Waals surface area (Å²) in [5.74, 6) is -0.210. The van der Waals surface area contributed by atoms with E-state index in [0.717, 1.165) is 0 Å². The van der Waals surface area contributed by atoms with Gasteiger partial charge in [0.05, 0.1) is 36.6 Å². The lowest BCUT2D eigenvalue weighted by Crippen LogP contribution is -1.97. The first-order valence-electron chi connectivity index (χ1n) is 5.54. The van der Waals surface area contributed by atoms with Gasteiger partial charge in [-0.05, 0) is 0 Å². The molecule has 1 aromatic carbocycles. The van der Waals surface area contributed by atoms with Crippen LogP contribution in [0.3, 0.4) is 0 Å². The number of thioether (sulfide) groups is 1. The summed E-state index contributed by atoms with van der Waals surface area (Å²) in [4.78, 5) is 10.4. The second-order valence-corrected chi connectivity index (χ2v) is 7.69. The summed E-state index contributed by atoms with van der Waals surface area (Å²) in [7, 11) is 0. The quantitative estimate of drug-likeness (QED) is 0.273. The third-order valence-corrected chi connectivity index (χ3v) is 6.61. The Kier molecular flexibility index (Phi) is 8.85. The van der Waals surface area contributed by atoms with Crippen LogP contribution in [0.15, 0.2) is 5.03 Å². The van der Waals surface area contributed by atoms with Gasteiger partial charge in [-0.25, -0.2) is 0 Å². The largest absolute Gasteiger partial charge is 0.481 e. The molecular weight excluding hydrogens is 456 g/mol. The smallest absolute Gasteiger partial charge is 0.304 e. The van der Waals surface area contributed by atoms with E-state index in [2.05, 4.69) is 0 Å². The number of aliphatic carboxylic acids is 1. The van der Waals surface area contributed by atoms with E-state index in [1.54, 1.807) is 0 Å². The number of halogens is 7. The van der Waals surface area contributed by atoms with E-state index in [9.17, 15) is 4.79 Å². The molecule has 1 aromatic rings. The van der Waals surface area contributed by atoms with E-state index in [1.807, 2.05) is 0 Å². The highest BCUT2D eigenvalue weighted by Crippen LogP contribution is 2.48. The fraction of sp³-hybridized carbons (Fsp3) is 0.250. The molecule has 0 aliphatic carbocycles. The molecule has 0 saturated carbocycles. The van der Waals surface area contributed by atoms with Gasteiger partial charge in [0.1, 0.15) is 0 Å². The van der Waals surface area contributed by atoms with E-state index >= 15 is 0 Å². The predicted molar refractivity (Wildman–Crippen MR) is 99.7 cm³/mol. The van der Waals surface area contributed by atoms with Crippen LogP contribution in [0.5, 0.6) is 0 Å². The van der Waals surface area contributed by atoms with Crippen LogP contribution in [0.25, 0.3) is 5.03 Å². The Labute approximate surface area is 166 Å². The van der Waals surface area contributed by atoms with Crippen LogP contribution in [-0.4, -0.2) is 22.6 Å². The second kappa shape index (κ2) is 9.33. The Balaban J connectivity index is 3.08. The molecule has 0 atom stereocenters. The minimum absolute atomic E-state index is 0.0204. The molecule has 0 saturated heterocycles. The van der Waals surface area contributed by atoms with Gasteiger partial charge in [0.15, 0.2) is 0 Å². The molecule has 0 spiro atoms. The maximum Gasteiger partial charge on any atom is 0.304 e. The van der Waals surface area contributed by atoms with Gasteiger partial charge in [-0.3, -0.25) is 4.79 Å². The van der Waals surface area contributed by atoms with E-state index in [4.69, 9.17) is 86.3 Å². The SMILES string of the molecule is O=C(O)CCSC/C(Cl)=C(\Cl)c1c(Cl)c(Cl)c(Cl)c(Cl)c1Cl. The average Bonchev–Trinajstić information content (AvgIpc) is 2.47. The first-order chi connectivity index (χ1) is 10.2. The molecule has 0 bridgehead atoms. The van der Waals surface area contributed by atoms with Crippen molar-refractivity contribution in [1.82, 2.24) is 0 Å². The van der Waals surface area contributed by atoms with Gasteiger partial charge in [-0.2, -0.15) is 11.8 Å². The number of carboxylic acid groups (broad SMARTS) is 1. The van der Waals surface area contributed by atoms with E-state index < -0.39 is 5.97 Å². The maximum atomic E-state index is 10.4. The Morgan fingerprint density at radius 3 is 1.82 bits per heavy atom. The van der Waals surface area contributed by atoms with Gasteiger partial charge in [-0.1, -0.05) is 81.2 Å². The summed E-state index contributed by atoms with van der Waals surface area (Å²) in [5, 5.41) is 9.05. The first-order valence-corrected chi connectivity index (χ1v) is 9.34. The van der Waals surface area contributed by atoms with Gasteiger partial charge >= 0.3 is 5.97 Å². The zero-order chi connectivity index (χ0) is 17.0. The highest BCUT2D eigenvalue weighted by Gasteiger charge is 2.22. The highest BCUT2D eigenvalue weighted by atomic mass is 35.5. The molecule has 0 aliphatic heterocycles. The molecule has 0 radical (unpaired) electrons. The van der Waals surface area contributed by atoms with Crippen molar-refractivity contribution >= 4 is 104 Å². The third-order valence-electron chi connectivity index (χ3n) is 2.36. The van der Waals surface area contributed by atoms with Crippen LogP contribution in [0, 0.1) is 0 Å². The van der Waals surface area contributed by atoms with Crippen molar-refractivity contribution in [2.75, 3.05) is 11.5 Å². The van der Waals surface area contributed by atoms with Crippen LogP contribution in [0.2, 0.25) is 25.1 Å². The molecule has 1 N–H and O–H groups in total. The topological polar surface area (TPSA) is 37.3 Å². The summed E-state index contributed by atoms with van der Waals surface area (Å²) in [6.07, 6.45) is 0.0204. The fourth-order valence-electron chi connectivity index (χ4n) is 1.32. The molecule has 122 valence electrons. The van der Waals surface area contributed by atoms with Crippen LogP contribution in [0.4, 0.5) is 0 Å². The van der Waals surface area contributed by atoms with E-state index in [-0.39, 0.29) is 52.9 Å². The normalized spacial score (nSPS) is 12.3. The monoisotopic (exact) mass is 460 g/mol. The Bertz CT molecular complexity index is 601. The summed E-state index contributed by atoms with van der Waals surface area (Å²) >= 11 is 43.6. The molecule has 22 heavy (non-hydrogen) atoms. The lowest BCUT2D eigenvalue weighted by atomic mass is 10.2. The maximum absolute atomic E-state index is 10.4. The molecular formula is C12H7Cl7O2S.